The highest BCUT2D eigenvalue weighted by molar-refractivity contribution is 7.87. The number of nitrogens with zero attached hydrogens (tertiary/aromatic N) is 1. The van der Waals surface area contributed by atoms with Gasteiger partial charge in [0, 0.05) is 25.7 Å². The Morgan fingerprint density at radius 1 is 1.33 bits per heavy atom. The molecule has 0 saturated carbocycles. The van der Waals surface area contributed by atoms with E-state index in [2.05, 4.69) is 25.5 Å². The molecule has 0 aliphatic carbocycles. The summed E-state index contributed by atoms with van der Waals surface area (Å²) in [5.74, 6) is 0. The average Bonchev–Trinajstić information content (AvgIpc) is 2.27. The zero-order valence-corrected chi connectivity index (χ0v) is 12.6. The van der Waals surface area contributed by atoms with E-state index in [1.807, 2.05) is 0 Å². The predicted octanol–water partition coefficient (Wildman–Crippen LogP) is 1.07. The van der Waals surface area contributed by atoms with Crippen molar-refractivity contribution in [3.63, 3.8) is 0 Å². The molecule has 3 N–H and O–H groups in total. The molecule has 0 radical (unpaired) electrons. The first-order chi connectivity index (χ1) is 8.26. The molecular formula is C12H27N3O2S. The monoisotopic (exact) mass is 277 g/mol. The first-order valence-electron chi connectivity index (χ1n) is 6.73. The second kappa shape index (κ2) is 6.32. The summed E-state index contributed by atoms with van der Waals surface area (Å²) in [7, 11) is -3.36. The van der Waals surface area contributed by atoms with Crippen molar-refractivity contribution in [2.45, 2.75) is 52.5 Å². The van der Waals surface area contributed by atoms with E-state index in [1.54, 1.807) is 4.31 Å². The van der Waals surface area contributed by atoms with Crippen LogP contribution < -0.4 is 10.5 Å². The van der Waals surface area contributed by atoms with Crippen LogP contribution in [0.15, 0.2) is 0 Å². The van der Waals surface area contributed by atoms with E-state index in [4.69, 9.17) is 5.73 Å². The predicted molar refractivity (Wildman–Crippen MR) is 74.4 cm³/mol. The summed E-state index contributed by atoms with van der Waals surface area (Å²) in [6.07, 6.45) is 3.69. The van der Waals surface area contributed by atoms with Crippen molar-refractivity contribution in [2.24, 2.45) is 11.1 Å². The van der Waals surface area contributed by atoms with Crippen LogP contribution in [0.5, 0.6) is 0 Å². The molecule has 108 valence electrons. The molecular weight excluding hydrogens is 250 g/mol. The first kappa shape index (κ1) is 15.9. The van der Waals surface area contributed by atoms with E-state index in [0.29, 0.717) is 19.6 Å². The summed E-state index contributed by atoms with van der Waals surface area (Å²) >= 11 is 0. The van der Waals surface area contributed by atoms with Crippen LogP contribution in [0.25, 0.3) is 0 Å². The molecule has 1 atom stereocenters. The maximum absolute atomic E-state index is 12.2. The van der Waals surface area contributed by atoms with E-state index in [1.165, 1.54) is 0 Å². The number of nitrogens with two attached hydrogens (primary N) is 1. The lowest BCUT2D eigenvalue weighted by molar-refractivity contribution is 0.253. The van der Waals surface area contributed by atoms with Gasteiger partial charge in [-0.3, -0.25) is 0 Å². The smallest absolute Gasteiger partial charge is 0.279 e. The fourth-order valence-electron chi connectivity index (χ4n) is 2.16. The summed E-state index contributed by atoms with van der Waals surface area (Å²) in [6, 6.07) is -0.0362. The van der Waals surface area contributed by atoms with Gasteiger partial charge in [-0.2, -0.15) is 12.7 Å². The van der Waals surface area contributed by atoms with Crippen molar-refractivity contribution in [1.82, 2.24) is 9.03 Å². The molecule has 1 saturated heterocycles. The van der Waals surface area contributed by atoms with Gasteiger partial charge in [0.25, 0.3) is 10.2 Å². The number of piperidine rings is 1. The number of hydrogen-bond acceptors (Lipinski definition) is 3. The Morgan fingerprint density at radius 3 is 2.56 bits per heavy atom. The van der Waals surface area contributed by atoms with Crippen molar-refractivity contribution >= 4 is 10.2 Å². The topological polar surface area (TPSA) is 75.4 Å². The Balaban J connectivity index is 2.56. The van der Waals surface area contributed by atoms with Gasteiger partial charge in [-0.05, 0) is 24.7 Å². The van der Waals surface area contributed by atoms with Crippen molar-refractivity contribution in [3.05, 3.63) is 0 Å². The molecule has 0 aromatic heterocycles. The molecule has 1 heterocycles. The van der Waals surface area contributed by atoms with E-state index < -0.39 is 10.2 Å². The molecule has 0 bridgehead atoms. The molecule has 0 spiro atoms. The lowest BCUT2D eigenvalue weighted by Gasteiger charge is -2.34. The summed E-state index contributed by atoms with van der Waals surface area (Å²) in [5.41, 5.74) is 5.79. The highest BCUT2D eigenvalue weighted by Gasteiger charge is 2.31. The van der Waals surface area contributed by atoms with Crippen LogP contribution in [0.1, 0.15) is 46.5 Å². The highest BCUT2D eigenvalue weighted by Crippen LogP contribution is 2.20. The van der Waals surface area contributed by atoms with Crippen LogP contribution >= 0.6 is 0 Å². The van der Waals surface area contributed by atoms with Gasteiger partial charge >= 0.3 is 0 Å². The fourth-order valence-corrected chi connectivity index (χ4v) is 3.64. The van der Waals surface area contributed by atoms with Gasteiger partial charge in [0.15, 0.2) is 0 Å². The van der Waals surface area contributed by atoms with Gasteiger partial charge in [-0.15, -0.1) is 0 Å². The Labute approximate surface area is 111 Å². The number of nitrogens with one attached hydrogen (secondary N) is 1. The first-order valence-corrected chi connectivity index (χ1v) is 8.17. The Bertz CT molecular complexity index is 349. The van der Waals surface area contributed by atoms with Crippen LogP contribution in [-0.2, 0) is 10.2 Å². The highest BCUT2D eigenvalue weighted by atomic mass is 32.2. The lowest BCUT2D eigenvalue weighted by atomic mass is 9.93. The molecule has 1 rings (SSSR count). The zero-order chi connectivity index (χ0) is 13.8. The molecule has 0 aromatic rings. The van der Waals surface area contributed by atoms with E-state index in [9.17, 15) is 8.42 Å². The largest absolute Gasteiger partial charge is 0.329 e. The Hall–Kier alpha value is -0.170. The summed E-state index contributed by atoms with van der Waals surface area (Å²) in [4.78, 5) is 0. The standard InChI is InChI=1S/C12H27N3O2S/c1-12(2,3)7-8-14-18(16,17)15-9-5-4-6-11(15)10-13/h11,14H,4-10,13H2,1-3H3. The van der Waals surface area contributed by atoms with Crippen LogP contribution in [0.2, 0.25) is 0 Å². The van der Waals surface area contributed by atoms with Crippen molar-refractivity contribution in [1.29, 1.82) is 0 Å². The van der Waals surface area contributed by atoms with E-state index in [-0.39, 0.29) is 11.5 Å². The van der Waals surface area contributed by atoms with Crippen molar-refractivity contribution < 1.29 is 8.42 Å². The number of rotatable bonds is 5. The summed E-state index contributed by atoms with van der Waals surface area (Å²) < 4.78 is 28.6. The average molecular weight is 277 g/mol. The molecule has 0 amide bonds. The zero-order valence-electron chi connectivity index (χ0n) is 11.8. The third-order valence-corrected chi connectivity index (χ3v) is 4.98. The van der Waals surface area contributed by atoms with Crippen molar-refractivity contribution in [2.75, 3.05) is 19.6 Å². The normalized spacial score (nSPS) is 23.2. The number of hydrogen-bond donors (Lipinski definition) is 2. The van der Waals surface area contributed by atoms with E-state index in [0.717, 1.165) is 25.7 Å². The third kappa shape index (κ3) is 4.84. The Morgan fingerprint density at radius 2 is 2.00 bits per heavy atom. The molecule has 6 heteroatoms. The second-order valence-corrected chi connectivity index (χ2v) is 7.91. The van der Waals surface area contributed by atoms with Gasteiger partial charge in [-0.1, -0.05) is 27.2 Å². The molecule has 1 aliphatic rings. The third-order valence-electron chi connectivity index (χ3n) is 3.31. The summed E-state index contributed by atoms with van der Waals surface area (Å²) in [6.45, 7) is 7.78. The van der Waals surface area contributed by atoms with Crippen LogP contribution in [0.3, 0.4) is 0 Å². The lowest BCUT2D eigenvalue weighted by Crippen LogP contribution is -2.51. The molecule has 18 heavy (non-hydrogen) atoms. The van der Waals surface area contributed by atoms with Gasteiger partial charge in [0.2, 0.25) is 0 Å². The minimum atomic E-state index is -3.36. The molecule has 1 fully saturated rings. The molecule has 1 unspecified atom stereocenters. The maximum Gasteiger partial charge on any atom is 0.279 e. The minimum absolute atomic E-state index is 0.0362. The van der Waals surface area contributed by atoms with Gasteiger partial charge < -0.3 is 5.73 Å². The Kier molecular flexibility index (Phi) is 5.58. The van der Waals surface area contributed by atoms with Gasteiger partial charge in [0.1, 0.15) is 0 Å². The van der Waals surface area contributed by atoms with E-state index >= 15 is 0 Å². The summed E-state index contributed by atoms with van der Waals surface area (Å²) in [5, 5.41) is 0. The molecule has 0 aromatic carbocycles. The fraction of sp³-hybridized carbons (Fsp3) is 1.00. The molecule has 1 aliphatic heterocycles. The van der Waals surface area contributed by atoms with Gasteiger partial charge in [-0.25, -0.2) is 4.72 Å². The van der Waals surface area contributed by atoms with Crippen LogP contribution in [-0.4, -0.2) is 38.4 Å². The minimum Gasteiger partial charge on any atom is -0.329 e. The SMILES string of the molecule is CC(C)(C)CCNS(=O)(=O)N1CCCCC1CN. The van der Waals surface area contributed by atoms with Crippen LogP contribution in [0, 0.1) is 5.41 Å². The van der Waals surface area contributed by atoms with Crippen molar-refractivity contribution in [3.8, 4) is 0 Å². The molecule has 5 nitrogen and oxygen atoms in total. The second-order valence-electron chi connectivity index (χ2n) is 6.21. The van der Waals surface area contributed by atoms with Crippen LogP contribution in [0.4, 0.5) is 0 Å². The van der Waals surface area contributed by atoms with Gasteiger partial charge in [0.05, 0.1) is 0 Å². The quantitative estimate of drug-likeness (QED) is 0.789. The maximum atomic E-state index is 12.2.